The van der Waals surface area contributed by atoms with Gasteiger partial charge < -0.3 is 9.47 Å². The number of ether oxygens (including phenoxy) is 2. The predicted octanol–water partition coefficient (Wildman–Crippen LogP) is 1.63. The molecular weight excluding hydrogens is 242 g/mol. The lowest BCUT2D eigenvalue weighted by molar-refractivity contribution is -0.165. The lowest BCUT2D eigenvalue weighted by atomic mass is 9.70. The number of morpholine rings is 1. The van der Waals surface area contributed by atoms with E-state index >= 15 is 0 Å². The largest absolute Gasteiger partial charge is 0.375 e. The van der Waals surface area contributed by atoms with Gasteiger partial charge in [0.25, 0.3) is 0 Å². The van der Waals surface area contributed by atoms with Crippen LogP contribution in [0.3, 0.4) is 0 Å². The van der Waals surface area contributed by atoms with Gasteiger partial charge in [-0.2, -0.15) is 0 Å². The molecule has 2 heterocycles. The molecule has 0 N–H and O–H groups in total. The maximum absolute atomic E-state index is 12.6. The van der Waals surface area contributed by atoms with Gasteiger partial charge in [0.1, 0.15) is 6.10 Å². The summed E-state index contributed by atoms with van der Waals surface area (Å²) in [5.74, 6) is 0.489. The van der Waals surface area contributed by atoms with Crippen LogP contribution in [0.4, 0.5) is 0 Å². The van der Waals surface area contributed by atoms with Gasteiger partial charge in [0.15, 0.2) is 5.78 Å². The van der Waals surface area contributed by atoms with E-state index in [9.17, 15) is 4.79 Å². The Bertz CT molecular complexity index is 340. The van der Waals surface area contributed by atoms with E-state index in [2.05, 4.69) is 11.8 Å². The van der Waals surface area contributed by atoms with Crippen molar-refractivity contribution in [2.45, 2.75) is 50.7 Å². The van der Waals surface area contributed by atoms with Crippen molar-refractivity contribution in [3.8, 4) is 0 Å². The van der Waals surface area contributed by atoms with Crippen molar-refractivity contribution in [2.75, 3.05) is 32.8 Å². The summed E-state index contributed by atoms with van der Waals surface area (Å²) in [6, 6.07) is 0. The molecule has 1 spiro atoms. The number of hydrogen-bond acceptors (Lipinski definition) is 4. The van der Waals surface area contributed by atoms with E-state index in [0.29, 0.717) is 12.4 Å². The minimum Gasteiger partial charge on any atom is -0.375 e. The SMILES string of the molecule is CCN1CCOC(C(=O)C2CCOC3(CCC3)C2)C1. The van der Waals surface area contributed by atoms with E-state index in [1.807, 2.05) is 0 Å². The molecule has 1 saturated carbocycles. The molecule has 1 aliphatic carbocycles. The zero-order chi connectivity index (χ0) is 13.3. The number of carbonyl (C=O) groups excluding carboxylic acids is 1. The van der Waals surface area contributed by atoms with Crippen molar-refractivity contribution in [3.63, 3.8) is 0 Å². The molecule has 3 fully saturated rings. The average Bonchev–Trinajstić information content (AvgIpc) is 2.45. The van der Waals surface area contributed by atoms with Crippen LogP contribution in [0.5, 0.6) is 0 Å². The summed E-state index contributed by atoms with van der Waals surface area (Å²) in [6.45, 7) is 6.33. The van der Waals surface area contributed by atoms with Gasteiger partial charge in [-0.1, -0.05) is 6.92 Å². The van der Waals surface area contributed by atoms with Gasteiger partial charge in [-0.05, 0) is 38.6 Å². The second kappa shape index (κ2) is 5.51. The van der Waals surface area contributed by atoms with E-state index in [1.54, 1.807) is 0 Å². The lowest BCUT2D eigenvalue weighted by Gasteiger charge is -2.47. The molecule has 0 aromatic rings. The van der Waals surface area contributed by atoms with Crippen LogP contribution in [0.25, 0.3) is 0 Å². The smallest absolute Gasteiger partial charge is 0.166 e. The molecule has 19 heavy (non-hydrogen) atoms. The van der Waals surface area contributed by atoms with Crippen LogP contribution in [-0.4, -0.2) is 55.2 Å². The van der Waals surface area contributed by atoms with Gasteiger partial charge in [-0.3, -0.25) is 9.69 Å². The number of likely N-dealkylation sites (N-methyl/N-ethyl adjacent to an activating group) is 1. The van der Waals surface area contributed by atoms with Crippen molar-refractivity contribution in [3.05, 3.63) is 0 Å². The van der Waals surface area contributed by atoms with E-state index in [-0.39, 0.29) is 17.6 Å². The van der Waals surface area contributed by atoms with Gasteiger partial charge in [0.05, 0.1) is 12.2 Å². The van der Waals surface area contributed by atoms with Crippen LogP contribution in [0.1, 0.15) is 39.0 Å². The highest BCUT2D eigenvalue weighted by Gasteiger charge is 2.45. The highest BCUT2D eigenvalue weighted by molar-refractivity contribution is 5.86. The second-order valence-corrected chi connectivity index (χ2v) is 6.23. The van der Waals surface area contributed by atoms with Crippen LogP contribution >= 0.6 is 0 Å². The number of ketones is 1. The Morgan fingerprint density at radius 2 is 2.21 bits per heavy atom. The van der Waals surface area contributed by atoms with Gasteiger partial charge in [-0.25, -0.2) is 0 Å². The molecule has 0 radical (unpaired) electrons. The van der Waals surface area contributed by atoms with E-state index in [1.165, 1.54) is 6.42 Å². The number of hydrogen-bond donors (Lipinski definition) is 0. The van der Waals surface area contributed by atoms with Crippen molar-refractivity contribution >= 4 is 5.78 Å². The third kappa shape index (κ3) is 2.71. The summed E-state index contributed by atoms with van der Waals surface area (Å²) in [4.78, 5) is 14.9. The van der Waals surface area contributed by atoms with Crippen molar-refractivity contribution in [2.24, 2.45) is 5.92 Å². The van der Waals surface area contributed by atoms with Crippen molar-refractivity contribution in [1.29, 1.82) is 0 Å². The second-order valence-electron chi connectivity index (χ2n) is 6.23. The molecule has 0 bridgehead atoms. The van der Waals surface area contributed by atoms with E-state index < -0.39 is 0 Å². The molecule has 0 aromatic heterocycles. The van der Waals surface area contributed by atoms with Crippen LogP contribution in [0.15, 0.2) is 0 Å². The summed E-state index contributed by atoms with van der Waals surface area (Å²) >= 11 is 0. The Morgan fingerprint density at radius 1 is 1.37 bits per heavy atom. The molecular formula is C15H25NO3. The predicted molar refractivity (Wildman–Crippen MR) is 72.1 cm³/mol. The highest BCUT2D eigenvalue weighted by atomic mass is 16.5. The zero-order valence-electron chi connectivity index (χ0n) is 11.9. The molecule has 2 aliphatic heterocycles. The molecule has 3 aliphatic rings. The fourth-order valence-corrected chi connectivity index (χ4v) is 3.61. The van der Waals surface area contributed by atoms with Crippen LogP contribution in [0.2, 0.25) is 0 Å². The maximum atomic E-state index is 12.6. The minimum atomic E-state index is -0.200. The fraction of sp³-hybridized carbons (Fsp3) is 0.933. The average molecular weight is 267 g/mol. The summed E-state index contributed by atoms with van der Waals surface area (Å²) in [5, 5.41) is 0. The molecule has 3 rings (SSSR count). The number of rotatable bonds is 3. The van der Waals surface area contributed by atoms with Crippen LogP contribution in [0, 0.1) is 5.92 Å². The Morgan fingerprint density at radius 3 is 2.89 bits per heavy atom. The Labute approximate surface area is 115 Å². The summed E-state index contributed by atoms with van der Waals surface area (Å²) in [5.41, 5.74) is 0.0533. The molecule has 108 valence electrons. The normalized spacial score (nSPS) is 35.0. The van der Waals surface area contributed by atoms with E-state index in [0.717, 1.165) is 51.9 Å². The standard InChI is InChI=1S/C15H25NO3/c1-2-16-7-9-18-13(11-16)14(17)12-4-8-19-15(10-12)5-3-6-15/h12-13H,2-11H2,1H3. The number of Topliss-reactive ketones (excluding diaryl/α,β-unsaturated/α-hetero) is 1. The maximum Gasteiger partial charge on any atom is 0.166 e. The Balaban J connectivity index is 1.59. The van der Waals surface area contributed by atoms with Gasteiger partial charge in [0, 0.05) is 25.6 Å². The molecule has 0 amide bonds. The first-order valence-corrected chi connectivity index (χ1v) is 7.74. The number of carbonyl (C=O) groups is 1. The third-order valence-electron chi connectivity index (χ3n) is 5.08. The monoisotopic (exact) mass is 267 g/mol. The highest BCUT2D eigenvalue weighted by Crippen LogP contribution is 2.44. The third-order valence-corrected chi connectivity index (χ3v) is 5.08. The summed E-state index contributed by atoms with van der Waals surface area (Å²) in [7, 11) is 0. The van der Waals surface area contributed by atoms with Gasteiger partial charge in [0.2, 0.25) is 0 Å². The molecule has 4 heteroatoms. The zero-order valence-corrected chi connectivity index (χ0v) is 11.9. The molecule has 2 unspecified atom stereocenters. The van der Waals surface area contributed by atoms with Gasteiger partial charge >= 0.3 is 0 Å². The Hall–Kier alpha value is -0.450. The molecule has 0 aromatic carbocycles. The van der Waals surface area contributed by atoms with Gasteiger partial charge in [-0.15, -0.1) is 0 Å². The lowest BCUT2D eigenvalue weighted by Crippen LogP contribution is -2.52. The summed E-state index contributed by atoms with van der Waals surface area (Å²) in [6.07, 6.45) is 5.15. The molecule has 2 saturated heterocycles. The first-order chi connectivity index (χ1) is 9.22. The van der Waals surface area contributed by atoms with Crippen molar-refractivity contribution in [1.82, 2.24) is 4.90 Å². The van der Waals surface area contributed by atoms with Crippen LogP contribution in [-0.2, 0) is 14.3 Å². The van der Waals surface area contributed by atoms with Crippen LogP contribution < -0.4 is 0 Å². The quantitative estimate of drug-likeness (QED) is 0.779. The minimum absolute atomic E-state index is 0.0533. The van der Waals surface area contributed by atoms with E-state index in [4.69, 9.17) is 9.47 Å². The first kappa shape index (κ1) is 13.5. The molecule has 2 atom stereocenters. The van der Waals surface area contributed by atoms with Crippen molar-refractivity contribution < 1.29 is 14.3 Å². The number of nitrogens with zero attached hydrogens (tertiary/aromatic N) is 1. The summed E-state index contributed by atoms with van der Waals surface area (Å²) < 4.78 is 11.6. The topological polar surface area (TPSA) is 38.8 Å². The fourth-order valence-electron chi connectivity index (χ4n) is 3.61. The first-order valence-electron chi connectivity index (χ1n) is 7.74. The molecule has 4 nitrogen and oxygen atoms in total. The Kier molecular flexibility index (Phi) is 3.92.